The van der Waals surface area contributed by atoms with E-state index in [1.165, 1.54) is 0 Å². The summed E-state index contributed by atoms with van der Waals surface area (Å²) in [7, 11) is -0.706. The zero-order chi connectivity index (χ0) is 36.5. The van der Waals surface area contributed by atoms with Gasteiger partial charge in [0.15, 0.2) is 11.6 Å². The number of benzene rings is 2. The lowest BCUT2D eigenvalue weighted by atomic mass is 9.79. The van der Waals surface area contributed by atoms with Crippen molar-refractivity contribution < 1.29 is 47.4 Å². The summed E-state index contributed by atoms with van der Waals surface area (Å²) in [4.78, 5) is 0. The monoisotopic (exact) mass is 684 g/mol. The fourth-order valence-corrected chi connectivity index (χ4v) is 5.31. The summed E-state index contributed by atoms with van der Waals surface area (Å²) in [6, 6.07) is 14.7. The second kappa shape index (κ2) is 14.8. The predicted octanol–water partition coefficient (Wildman–Crippen LogP) is 5.76. The molecule has 4 aliphatic heterocycles. The van der Waals surface area contributed by atoms with Crippen LogP contribution in [0.3, 0.4) is 0 Å². The standard InChI is InChI=1S/C18H27BO5.C12H17BO3.C7H14O2/c1-16(2)17(3,4)24-19(23-16)13-7-9-14(10-8-13)20-11-15-12-21-18(5,6)22-15;1-11(2)12(3,4)16-13(15-11)9-5-7-10(14)8-6-9;1-4-6-5-8-7(2,3)9-6/h7-10,15H,11-12H2,1-6H3;5-8,14H,1-4H3;6H,4-5H2,1-3H3/t15-;;6-/m1.1/s1. The van der Waals surface area contributed by atoms with Gasteiger partial charge in [-0.05, 0) is 125 Å². The van der Waals surface area contributed by atoms with Crippen LogP contribution in [0.5, 0.6) is 11.5 Å². The molecule has 0 aromatic heterocycles. The van der Waals surface area contributed by atoms with Crippen LogP contribution >= 0.6 is 0 Å². The van der Waals surface area contributed by atoms with E-state index in [1.54, 1.807) is 12.1 Å². The van der Waals surface area contributed by atoms with E-state index in [0.29, 0.717) is 19.3 Å². The van der Waals surface area contributed by atoms with Crippen molar-refractivity contribution in [3.05, 3.63) is 48.5 Å². The van der Waals surface area contributed by atoms with Crippen molar-refractivity contribution in [1.82, 2.24) is 0 Å². The molecule has 10 nitrogen and oxygen atoms in total. The highest BCUT2D eigenvalue weighted by Crippen LogP contribution is 2.37. The average Bonchev–Trinajstić information content (AvgIpc) is 3.67. The van der Waals surface area contributed by atoms with Crippen LogP contribution in [0.1, 0.15) is 96.4 Å². The zero-order valence-corrected chi connectivity index (χ0v) is 31.9. The molecule has 2 aromatic carbocycles. The lowest BCUT2D eigenvalue weighted by Gasteiger charge is -2.32. The quantitative estimate of drug-likeness (QED) is 0.379. The minimum absolute atomic E-state index is 0.0391. The number of phenols is 1. The summed E-state index contributed by atoms with van der Waals surface area (Å²) in [5.74, 6) is 0.193. The third-order valence-electron chi connectivity index (χ3n) is 9.85. The Balaban J connectivity index is 0.000000185. The fraction of sp³-hybridized carbons (Fsp3) is 0.676. The van der Waals surface area contributed by atoms with Gasteiger partial charge in [0.2, 0.25) is 0 Å². The maximum absolute atomic E-state index is 9.22. The van der Waals surface area contributed by atoms with E-state index in [2.05, 4.69) is 34.6 Å². The summed E-state index contributed by atoms with van der Waals surface area (Å²) < 4.78 is 51.7. The normalized spacial score (nSPS) is 26.8. The Morgan fingerprint density at radius 3 is 1.29 bits per heavy atom. The van der Waals surface area contributed by atoms with Crippen molar-refractivity contribution >= 4 is 25.2 Å². The van der Waals surface area contributed by atoms with E-state index < -0.39 is 5.79 Å². The van der Waals surface area contributed by atoms with Crippen LogP contribution in [0.25, 0.3) is 0 Å². The second-order valence-electron chi connectivity index (χ2n) is 16.0. The Morgan fingerprint density at radius 1 is 0.592 bits per heavy atom. The molecule has 4 heterocycles. The first-order valence-corrected chi connectivity index (χ1v) is 17.4. The predicted molar refractivity (Wildman–Crippen MR) is 192 cm³/mol. The molecular weight excluding hydrogens is 626 g/mol. The van der Waals surface area contributed by atoms with E-state index >= 15 is 0 Å². The molecule has 4 saturated heterocycles. The minimum Gasteiger partial charge on any atom is -0.508 e. The SMILES string of the molecule is CC1(C)OB(c2ccc(O)cc2)OC1(C)C.CC1(C)OC[C@@H](COc2ccc(B3OC(C)(C)C(C)(C)O3)cc2)O1.CC[C@@H]1COC(C)(C)O1. The van der Waals surface area contributed by atoms with Gasteiger partial charge in [-0.15, -0.1) is 0 Å². The number of aromatic hydroxyl groups is 1. The van der Waals surface area contributed by atoms with Gasteiger partial charge in [0, 0.05) is 0 Å². The Hall–Kier alpha value is -2.15. The first-order valence-electron chi connectivity index (χ1n) is 17.4. The lowest BCUT2D eigenvalue weighted by Crippen LogP contribution is -2.41. The van der Waals surface area contributed by atoms with E-state index in [-0.39, 0.29) is 54.3 Å². The van der Waals surface area contributed by atoms with Crippen molar-refractivity contribution in [3.8, 4) is 11.5 Å². The van der Waals surface area contributed by atoms with Gasteiger partial charge in [-0.2, -0.15) is 0 Å². The molecule has 4 aliphatic rings. The van der Waals surface area contributed by atoms with E-state index in [4.69, 9.17) is 42.3 Å². The molecule has 1 N–H and O–H groups in total. The van der Waals surface area contributed by atoms with Gasteiger partial charge in [-0.1, -0.05) is 31.2 Å². The smallest absolute Gasteiger partial charge is 0.494 e. The summed E-state index contributed by atoms with van der Waals surface area (Å²) in [5.41, 5.74) is 0.600. The third-order valence-corrected chi connectivity index (χ3v) is 9.85. The molecule has 272 valence electrons. The van der Waals surface area contributed by atoms with Crippen LogP contribution in [0.2, 0.25) is 0 Å². The Bertz CT molecular complexity index is 1330. The van der Waals surface area contributed by atoms with Gasteiger partial charge in [-0.25, -0.2) is 0 Å². The van der Waals surface area contributed by atoms with Crippen molar-refractivity contribution in [2.24, 2.45) is 0 Å². The van der Waals surface area contributed by atoms with E-state index in [9.17, 15) is 5.11 Å². The lowest BCUT2D eigenvalue weighted by molar-refractivity contribution is -0.141. The molecule has 4 fully saturated rings. The molecular formula is C37H58B2O10. The Labute approximate surface area is 294 Å². The molecule has 0 unspecified atom stereocenters. The topological polar surface area (TPSA) is 103 Å². The van der Waals surface area contributed by atoms with Gasteiger partial charge in [0.05, 0.1) is 41.7 Å². The molecule has 2 aromatic rings. The molecule has 49 heavy (non-hydrogen) atoms. The average molecular weight is 684 g/mol. The Morgan fingerprint density at radius 2 is 0.959 bits per heavy atom. The summed E-state index contributed by atoms with van der Waals surface area (Å²) in [5, 5.41) is 9.22. The number of hydrogen-bond donors (Lipinski definition) is 1. The number of hydrogen-bond acceptors (Lipinski definition) is 10. The second-order valence-corrected chi connectivity index (χ2v) is 16.0. The highest BCUT2D eigenvalue weighted by Gasteiger charge is 2.52. The molecule has 6 rings (SSSR count). The summed E-state index contributed by atoms with van der Waals surface area (Å²) in [6.45, 7) is 27.9. The maximum Gasteiger partial charge on any atom is 0.494 e. The molecule has 0 amide bonds. The van der Waals surface area contributed by atoms with Crippen molar-refractivity contribution in [3.63, 3.8) is 0 Å². The number of rotatable bonds is 6. The van der Waals surface area contributed by atoms with Crippen LogP contribution in [0.4, 0.5) is 0 Å². The molecule has 0 radical (unpaired) electrons. The van der Waals surface area contributed by atoms with E-state index in [1.807, 2.05) is 91.8 Å². The molecule has 0 saturated carbocycles. The van der Waals surface area contributed by atoms with Crippen LogP contribution < -0.4 is 15.7 Å². The van der Waals surface area contributed by atoms with Gasteiger partial charge in [-0.3, -0.25) is 0 Å². The van der Waals surface area contributed by atoms with E-state index in [0.717, 1.165) is 29.7 Å². The molecule has 12 heteroatoms. The highest BCUT2D eigenvalue weighted by atomic mass is 16.8. The van der Waals surface area contributed by atoms with Crippen LogP contribution in [-0.4, -0.2) is 85.4 Å². The zero-order valence-electron chi connectivity index (χ0n) is 31.9. The number of ether oxygens (including phenoxy) is 5. The maximum atomic E-state index is 9.22. The van der Waals surface area contributed by atoms with Crippen molar-refractivity contribution in [2.75, 3.05) is 19.8 Å². The van der Waals surface area contributed by atoms with Gasteiger partial charge in [0.1, 0.15) is 24.2 Å². The molecule has 2 atom stereocenters. The molecule has 0 bridgehead atoms. The molecule has 0 aliphatic carbocycles. The Kier molecular flexibility index (Phi) is 12.0. The third kappa shape index (κ3) is 10.2. The first kappa shape index (κ1) is 39.6. The summed E-state index contributed by atoms with van der Waals surface area (Å²) >= 11 is 0. The summed E-state index contributed by atoms with van der Waals surface area (Å²) in [6.07, 6.45) is 1.33. The van der Waals surface area contributed by atoms with Crippen molar-refractivity contribution in [1.29, 1.82) is 0 Å². The van der Waals surface area contributed by atoms with Crippen LogP contribution in [0.15, 0.2) is 48.5 Å². The number of phenolic OH excluding ortho intramolecular Hbond substituents is 1. The fourth-order valence-electron chi connectivity index (χ4n) is 5.31. The van der Waals surface area contributed by atoms with Gasteiger partial charge < -0.3 is 47.4 Å². The largest absolute Gasteiger partial charge is 0.508 e. The first-order chi connectivity index (χ1) is 22.5. The van der Waals surface area contributed by atoms with Crippen LogP contribution in [-0.2, 0) is 37.6 Å². The minimum atomic E-state index is -0.519. The highest BCUT2D eigenvalue weighted by molar-refractivity contribution is 6.62. The van der Waals surface area contributed by atoms with Crippen molar-refractivity contribution in [2.45, 2.75) is 143 Å². The van der Waals surface area contributed by atoms with Gasteiger partial charge in [0.25, 0.3) is 0 Å². The molecule has 0 spiro atoms. The van der Waals surface area contributed by atoms with Gasteiger partial charge >= 0.3 is 14.2 Å². The van der Waals surface area contributed by atoms with Crippen LogP contribution in [0, 0.1) is 0 Å².